The Bertz CT molecular complexity index is 902. The normalized spacial score (nSPS) is 14.9. The molecule has 2 amide bonds. The van der Waals surface area contributed by atoms with Gasteiger partial charge in [0.05, 0.1) is 0 Å². The summed E-state index contributed by atoms with van der Waals surface area (Å²) in [6.45, 7) is 1.42. The van der Waals surface area contributed by atoms with E-state index in [-0.39, 0.29) is 24.3 Å². The molecule has 0 aliphatic carbocycles. The van der Waals surface area contributed by atoms with Gasteiger partial charge in [-0.05, 0) is 55.2 Å². The second kappa shape index (κ2) is 9.92. The number of aliphatic hydroxyl groups excluding tert-OH is 1. The SMILES string of the molecule is O=C(/C=C/c1c(Cl)cccc1Cl)Nc1cccc(C(=O)N2CCC(CO)CC2)c1. The molecule has 7 heteroatoms. The van der Waals surface area contributed by atoms with Crippen molar-refractivity contribution in [3.05, 3.63) is 69.7 Å². The summed E-state index contributed by atoms with van der Waals surface area (Å²) in [4.78, 5) is 26.8. The zero-order valence-corrected chi connectivity index (χ0v) is 17.3. The Kier molecular flexibility index (Phi) is 7.31. The third kappa shape index (κ3) is 5.60. The zero-order chi connectivity index (χ0) is 20.8. The number of piperidine rings is 1. The van der Waals surface area contributed by atoms with E-state index >= 15 is 0 Å². The molecule has 2 N–H and O–H groups in total. The van der Waals surface area contributed by atoms with Gasteiger partial charge >= 0.3 is 0 Å². The van der Waals surface area contributed by atoms with E-state index in [1.165, 1.54) is 6.08 Å². The predicted molar refractivity (Wildman–Crippen MR) is 116 cm³/mol. The summed E-state index contributed by atoms with van der Waals surface area (Å²) < 4.78 is 0. The second-order valence-electron chi connectivity index (χ2n) is 6.96. The Morgan fingerprint density at radius 2 is 1.76 bits per heavy atom. The fraction of sp³-hybridized carbons (Fsp3) is 0.273. The van der Waals surface area contributed by atoms with Crippen molar-refractivity contribution < 1.29 is 14.7 Å². The van der Waals surface area contributed by atoms with Crippen molar-refractivity contribution in [2.45, 2.75) is 12.8 Å². The van der Waals surface area contributed by atoms with Crippen LogP contribution in [0.5, 0.6) is 0 Å². The molecule has 0 spiro atoms. The smallest absolute Gasteiger partial charge is 0.253 e. The molecule has 2 aromatic carbocycles. The molecular formula is C22H22Cl2N2O3. The number of anilines is 1. The molecular weight excluding hydrogens is 411 g/mol. The lowest BCUT2D eigenvalue weighted by Crippen LogP contribution is -2.39. The first-order valence-corrected chi connectivity index (χ1v) is 10.2. The number of halogens is 2. The van der Waals surface area contributed by atoms with Gasteiger partial charge in [0.2, 0.25) is 5.91 Å². The first kappa shape index (κ1) is 21.4. The fourth-order valence-electron chi connectivity index (χ4n) is 3.24. The van der Waals surface area contributed by atoms with Crippen molar-refractivity contribution >= 4 is 46.8 Å². The fourth-order valence-corrected chi connectivity index (χ4v) is 3.77. The Morgan fingerprint density at radius 3 is 2.41 bits per heavy atom. The third-order valence-electron chi connectivity index (χ3n) is 4.94. The highest BCUT2D eigenvalue weighted by molar-refractivity contribution is 6.37. The number of rotatable bonds is 5. The number of aliphatic hydroxyl groups is 1. The molecule has 0 bridgehead atoms. The van der Waals surface area contributed by atoms with Crippen LogP contribution in [0.4, 0.5) is 5.69 Å². The van der Waals surface area contributed by atoms with Gasteiger partial charge in [-0.3, -0.25) is 9.59 Å². The lowest BCUT2D eigenvalue weighted by molar-refractivity contribution is -0.111. The van der Waals surface area contributed by atoms with Crippen LogP contribution in [0.3, 0.4) is 0 Å². The number of hydrogen-bond donors (Lipinski definition) is 2. The molecule has 0 atom stereocenters. The summed E-state index contributed by atoms with van der Waals surface area (Å²) in [5.41, 5.74) is 1.62. The van der Waals surface area contributed by atoms with Gasteiger partial charge in [-0.1, -0.05) is 35.3 Å². The van der Waals surface area contributed by atoms with Crippen LogP contribution in [0, 0.1) is 5.92 Å². The zero-order valence-electron chi connectivity index (χ0n) is 15.8. The summed E-state index contributed by atoms with van der Waals surface area (Å²) in [7, 11) is 0. The monoisotopic (exact) mass is 432 g/mol. The summed E-state index contributed by atoms with van der Waals surface area (Å²) >= 11 is 12.2. The maximum atomic E-state index is 12.7. The van der Waals surface area contributed by atoms with E-state index in [2.05, 4.69) is 5.32 Å². The van der Waals surface area contributed by atoms with Gasteiger partial charge in [0.15, 0.2) is 0 Å². The van der Waals surface area contributed by atoms with Gasteiger partial charge in [0, 0.05) is 52.6 Å². The summed E-state index contributed by atoms with van der Waals surface area (Å²) in [6.07, 6.45) is 4.50. The van der Waals surface area contributed by atoms with Crippen molar-refractivity contribution in [3.63, 3.8) is 0 Å². The van der Waals surface area contributed by atoms with E-state index in [0.717, 1.165) is 12.8 Å². The van der Waals surface area contributed by atoms with E-state index in [0.29, 0.717) is 39.9 Å². The largest absolute Gasteiger partial charge is 0.396 e. The molecule has 1 saturated heterocycles. The lowest BCUT2D eigenvalue weighted by Gasteiger charge is -2.31. The first-order valence-electron chi connectivity index (χ1n) is 9.41. The Hall–Kier alpha value is -2.34. The molecule has 1 aliphatic rings. The van der Waals surface area contributed by atoms with E-state index in [1.54, 1.807) is 53.4 Å². The quantitative estimate of drug-likeness (QED) is 0.683. The summed E-state index contributed by atoms with van der Waals surface area (Å²) in [6, 6.07) is 12.0. The van der Waals surface area contributed by atoms with E-state index in [4.69, 9.17) is 23.2 Å². The lowest BCUT2D eigenvalue weighted by atomic mass is 9.97. The minimum atomic E-state index is -0.352. The van der Waals surface area contributed by atoms with Gasteiger partial charge in [0.1, 0.15) is 0 Å². The maximum Gasteiger partial charge on any atom is 0.253 e. The number of nitrogens with one attached hydrogen (secondary N) is 1. The molecule has 5 nitrogen and oxygen atoms in total. The molecule has 152 valence electrons. The molecule has 29 heavy (non-hydrogen) atoms. The maximum absolute atomic E-state index is 12.7. The van der Waals surface area contributed by atoms with Crippen LogP contribution in [0.15, 0.2) is 48.5 Å². The van der Waals surface area contributed by atoms with E-state index in [1.807, 2.05) is 0 Å². The van der Waals surface area contributed by atoms with Crippen LogP contribution >= 0.6 is 23.2 Å². The first-order chi connectivity index (χ1) is 14.0. The van der Waals surface area contributed by atoms with Crippen LogP contribution < -0.4 is 5.32 Å². The topological polar surface area (TPSA) is 69.6 Å². The number of amides is 2. The molecule has 0 saturated carbocycles. The Morgan fingerprint density at radius 1 is 1.10 bits per heavy atom. The van der Waals surface area contributed by atoms with Gasteiger partial charge in [0.25, 0.3) is 5.91 Å². The van der Waals surface area contributed by atoms with Gasteiger partial charge in [-0.2, -0.15) is 0 Å². The number of carbonyl (C=O) groups excluding carboxylic acids is 2. The summed E-state index contributed by atoms with van der Waals surface area (Å²) in [5.74, 6) is -0.159. The van der Waals surface area contributed by atoms with E-state index in [9.17, 15) is 14.7 Å². The number of carbonyl (C=O) groups is 2. The van der Waals surface area contributed by atoms with Gasteiger partial charge in [-0.15, -0.1) is 0 Å². The minimum Gasteiger partial charge on any atom is -0.396 e. The van der Waals surface area contributed by atoms with Crippen LogP contribution in [0.25, 0.3) is 6.08 Å². The van der Waals surface area contributed by atoms with Crippen molar-refractivity contribution in [1.82, 2.24) is 4.90 Å². The Balaban J connectivity index is 1.64. The van der Waals surface area contributed by atoms with Crippen LogP contribution in [0.1, 0.15) is 28.8 Å². The standard InChI is InChI=1S/C22H22Cl2N2O3/c23-19-5-2-6-20(24)18(19)7-8-21(28)25-17-4-1-3-16(13-17)22(29)26-11-9-15(14-27)10-12-26/h1-8,13,15,27H,9-12,14H2,(H,25,28)/b8-7+. The minimum absolute atomic E-state index is 0.0733. The number of benzene rings is 2. The molecule has 1 aliphatic heterocycles. The number of likely N-dealkylation sites (tertiary alicyclic amines) is 1. The molecule has 2 aromatic rings. The second-order valence-corrected chi connectivity index (χ2v) is 7.77. The van der Waals surface area contributed by atoms with Crippen molar-refractivity contribution in [3.8, 4) is 0 Å². The summed E-state index contributed by atoms with van der Waals surface area (Å²) in [5, 5.41) is 12.9. The average Bonchev–Trinajstić information content (AvgIpc) is 2.73. The third-order valence-corrected chi connectivity index (χ3v) is 5.60. The van der Waals surface area contributed by atoms with E-state index < -0.39 is 0 Å². The van der Waals surface area contributed by atoms with Crippen LogP contribution in [0.2, 0.25) is 10.0 Å². The highest BCUT2D eigenvalue weighted by Gasteiger charge is 2.23. The molecule has 0 radical (unpaired) electrons. The molecule has 1 fully saturated rings. The highest BCUT2D eigenvalue weighted by Crippen LogP contribution is 2.25. The van der Waals surface area contributed by atoms with Crippen molar-refractivity contribution in [2.24, 2.45) is 5.92 Å². The van der Waals surface area contributed by atoms with Gasteiger partial charge < -0.3 is 15.3 Å². The molecule has 0 aromatic heterocycles. The number of nitrogens with zero attached hydrogens (tertiary/aromatic N) is 1. The average molecular weight is 433 g/mol. The molecule has 3 rings (SSSR count). The number of hydrogen-bond acceptors (Lipinski definition) is 3. The van der Waals surface area contributed by atoms with Crippen LogP contribution in [-0.2, 0) is 4.79 Å². The van der Waals surface area contributed by atoms with Crippen LogP contribution in [-0.4, -0.2) is 41.5 Å². The van der Waals surface area contributed by atoms with Gasteiger partial charge in [-0.25, -0.2) is 0 Å². The Labute approximate surface area is 179 Å². The molecule has 0 unspecified atom stereocenters. The highest BCUT2D eigenvalue weighted by atomic mass is 35.5. The van der Waals surface area contributed by atoms with Crippen molar-refractivity contribution in [1.29, 1.82) is 0 Å². The van der Waals surface area contributed by atoms with Crippen molar-refractivity contribution in [2.75, 3.05) is 25.0 Å². The molecule has 1 heterocycles. The predicted octanol–water partition coefficient (Wildman–Crippen LogP) is 4.49.